The molecule has 0 spiro atoms. The van der Waals surface area contributed by atoms with Crippen molar-refractivity contribution in [2.45, 2.75) is 0 Å². The average Bonchev–Trinajstić information content (AvgIpc) is 2.96. The van der Waals surface area contributed by atoms with Crippen molar-refractivity contribution in [3.05, 3.63) is 59.8 Å². The lowest BCUT2D eigenvalue weighted by Crippen LogP contribution is -2.38. The Balaban J connectivity index is 1.65. The molecule has 3 rings (SSSR count). The minimum atomic E-state index is -0.644. The van der Waals surface area contributed by atoms with Crippen LogP contribution < -0.4 is 20.1 Å². The van der Waals surface area contributed by atoms with E-state index in [0.717, 1.165) is 4.90 Å². The first-order valence-corrected chi connectivity index (χ1v) is 8.42. The van der Waals surface area contributed by atoms with Gasteiger partial charge >= 0.3 is 6.03 Å². The van der Waals surface area contributed by atoms with Crippen molar-refractivity contribution < 1.29 is 23.9 Å². The summed E-state index contributed by atoms with van der Waals surface area (Å²) in [7, 11) is 3.10. The van der Waals surface area contributed by atoms with E-state index in [1.54, 1.807) is 68.8 Å². The monoisotopic (exact) mass is 381 g/mol. The lowest BCUT2D eigenvalue weighted by molar-refractivity contribution is -0.127. The van der Waals surface area contributed by atoms with Gasteiger partial charge in [0, 0.05) is 5.69 Å². The molecule has 4 amide bonds. The van der Waals surface area contributed by atoms with Gasteiger partial charge in [-0.15, -0.1) is 0 Å². The number of urea groups is 1. The molecular formula is C20H19N3O5. The number of ether oxygens (including phenoxy) is 2. The first kappa shape index (κ1) is 19.0. The molecule has 2 aromatic carbocycles. The number of nitrogens with one attached hydrogen (secondary N) is 2. The molecule has 1 fully saturated rings. The van der Waals surface area contributed by atoms with Crippen LogP contribution in [0.4, 0.5) is 10.5 Å². The first-order chi connectivity index (χ1) is 13.5. The lowest BCUT2D eigenvalue weighted by atomic mass is 10.2. The molecular weight excluding hydrogens is 362 g/mol. The Morgan fingerprint density at radius 2 is 1.57 bits per heavy atom. The predicted molar refractivity (Wildman–Crippen MR) is 103 cm³/mol. The number of imide groups is 1. The van der Waals surface area contributed by atoms with Gasteiger partial charge < -0.3 is 20.1 Å². The molecule has 1 aliphatic heterocycles. The Bertz CT molecular complexity index is 920. The molecule has 1 aliphatic rings. The number of nitrogens with zero attached hydrogens (tertiary/aromatic N) is 1. The molecule has 0 unspecified atom stereocenters. The van der Waals surface area contributed by atoms with Crippen molar-refractivity contribution in [2.75, 3.05) is 26.1 Å². The minimum absolute atomic E-state index is 0.104. The minimum Gasteiger partial charge on any atom is -0.497 e. The van der Waals surface area contributed by atoms with E-state index < -0.39 is 24.4 Å². The molecule has 0 bridgehead atoms. The molecule has 0 saturated carbocycles. The number of methoxy groups -OCH3 is 2. The van der Waals surface area contributed by atoms with Crippen LogP contribution in [0.1, 0.15) is 5.56 Å². The van der Waals surface area contributed by atoms with Crippen molar-refractivity contribution >= 4 is 29.6 Å². The molecule has 1 heterocycles. The van der Waals surface area contributed by atoms with Crippen LogP contribution in [0.5, 0.6) is 11.5 Å². The zero-order valence-electron chi connectivity index (χ0n) is 15.4. The Morgan fingerprint density at radius 3 is 2.14 bits per heavy atom. The number of rotatable bonds is 6. The summed E-state index contributed by atoms with van der Waals surface area (Å²) in [6.45, 7) is -0.392. The zero-order chi connectivity index (χ0) is 20.1. The molecule has 2 aromatic rings. The van der Waals surface area contributed by atoms with E-state index in [1.807, 2.05) is 0 Å². The molecule has 8 nitrogen and oxygen atoms in total. The topological polar surface area (TPSA) is 97.0 Å². The van der Waals surface area contributed by atoms with E-state index in [-0.39, 0.29) is 5.70 Å². The van der Waals surface area contributed by atoms with E-state index in [1.165, 1.54) is 0 Å². The summed E-state index contributed by atoms with van der Waals surface area (Å²) in [6, 6.07) is 13.1. The van der Waals surface area contributed by atoms with Gasteiger partial charge in [-0.05, 0) is 48.0 Å². The lowest BCUT2D eigenvalue weighted by Gasteiger charge is -2.12. The van der Waals surface area contributed by atoms with Gasteiger partial charge in [0.1, 0.15) is 23.7 Å². The van der Waals surface area contributed by atoms with Crippen LogP contribution in [-0.4, -0.2) is 43.5 Å². The van der Waals surface area contributed by atoms with Crippen LogP contribution in [0, 0.1) is 0 Å². The molecule has 0 aliphatic carbocycles. The average molecular weight is 381 g/mol. The van der Waals surface area contributed by atoms with E-state index in [2.05, 4.69) is 10.6 Å². The molecule has 2 N–H and O–H groups in total. The third-order valence-electron chi connectivity index (χ3n) is 4.06. The van der Waals surface area contributed by atoms with Gasteiger partial charge in [-0.3, -0.25) is 9.59 Å². The first-order valence-electron chi connectivity index (χ1n) is 8.42. The second-order valence-corrected chi connectivity index (χ2v) is 5.93. The molecule has 144 valence electrons. The summed E-state index contributed by atoms with van der Waals surface area (Å²) in [5, 5.41) is 5.12. The Hall–Kier alpha value is -3.81. The number of carbonyl (C=O) groups is 3. The summed E-state index contributed by atoms with van der Waals surface area (Å²) in [5.41, 5.74) is 1.35. The van der Waals surface area contributed by atoms with E-state index >= 15 is 0 Å². The smallest absolute Gasteiger partial charge is 0.329 e. The van der Waals surface area contributed by atoms with Gasteiger partial charge in [-0.2, -0.15) is 0 Å². The maximum absolute atomic E-state index is 12.5. The molecule has 0 aromatic heterocycles. The van der Waals surface area contributed by atoms with Crippen LogP contribution in [0.2, 0.25) is 0 Å². The van der Waals surface area contributed by atoms with Crippen molar-refractivity contribution in [1.29, 1.82) is 0 Å². The highest BCUT2D eigenvalue weighted by Gasteiger charge is 2.34. The van der Waals surface area contributed by atoms with Gasteiger partial charge in [-0.25, -0.2) is 9.69 Å². The highest BCUT2D eigenvalue weighted by atomic mass is 16.5. The molecule has 1 saturated heterocycles. The van der Waals surface area contributed by atoms with Crippen molar-refractivity contribution in [3.8, 4) is 11.5 Å². The summed E-state index contributed by atoms with van der Waals surface area (Å²) < 4.78 is 10.1. The van der Waals surface area contributed by atoms with Crippen LogP contribution in [0.15, 0.2) is 54.2 Å². The fourth-order valence-electron chi connectivity index (χ4n) is 2.60. The number of anilines is 1. The second-order valence-electron chi connectivity index (χ2n) is 5.93. The van der Waals surface area contributed by atoms with Crippen molar-refractivity contribution in [1.82, 2.24) is 10.2 Å². The molecule has 8 heteroatoms. The van der Waals surface area contributed by atoms with Gasteiger partial charge in [-0.1, -0.05) is 12.1 Å². The number of carbonyl (C=O) groups excluding carboxylic acids is 3. The normalized spacial score (nSPS) is 14.8. The number of benzene rings is 2. The Kier molecular flexibility index (Phi) is 5.59. The van der Waals surface area contributed by atoms with Crippen LogP contribution in [0.3, 0.4) is 0 Å². The highest BCUT2D eigenvalue weighted by molar-refractivity contribution is 6.15. The van der Waals surface area contributed by atoms with Gasteiger partial charge in [0.15, 0.2) is 0 Å². The van der Waals surface area contributed by atoms with Gasteiger partial charge in [0.05, 0.1) is 14.2 Å². The van der Waals surface area contributed by atoms with Crippen LogP contribution in [0.25, 0.3) is 6.08 Å². The SMILES string of the molecule is COc1ccc(/C=C2\NC(=O)N(CC(=O)Nc3ccc(OC)cc3)C2=O)cc1. The summed E-state index contributed by atoms with van der Waals surface area (Å²) >= 11 is 0. The fourth-order valence-corrected chi connectivity index (χ4v) is 2.60. The Labute approximate surface area is 161 Å². The summed E-state index contributed by atoms with van der Waals surface area (Å²) in [6.07, 6.45) is 1.54. The maximum Gasteiger partial charge on any atom is 0.329 e. The van der Waals surface area contributed by atoms with E-state index in [0.29, 0.717) is 22.7 Å². The van der Waals surface area contributed by atoms with Crippen molar-refractivity contribution in [3.63, 3.8) is 0 Å². The van der Waals surface area contributed by atoms with Crippen LogP contribution >= 0.6 is 0 Å². The van der Waals surface area contributed by atoms with Crippen molar-refractivity contribution in [2.24, 2.45) is 0 Å². The fraction of sp³-hybridized carbons (Fsp3) is 0.150. The molecule has 28 heavy (non-hydrogen) atoms. The molecule has 0 atom stereocenters. The van der Waals surface area contributed by atoms with E-state index in [9.17, 15) is 14.4 Å². The predicted octanol–water partition coefficient (Wildman–Crippen LogP) is 2.24. The Morgan fingerprint density at radius 1 is 1.00 bits per heavy atom. The van der Waals surface area contributed by atoms with Gasteiger partial charge in [0.2, 0.25) is 5.91 Å². The molecule has 0 radical (unpaired) electrons. The number of hydrogen-bond acceptors (Lipinski definition) is 5. The number of hydrogen-bond donors (Lipinski definition) is 2. The van der Waals surface area contributed by atoms with E-state index in [4.69, 9.17) is 9.47 Å². The summed E-state index contributed by atoms with van der Waals surface area (Å²) in [5.74, 6) is 0.284. The van der Waals surface area contributed by atoms with Crippen LogP contribution in [-0.2, 0) is 9.59 Å². The highest BCUT2D eigenvalue weighted by Crippen LogP contribution is 2.18. The maximum atomic E-state index is 12.5. The quantitative estimate of drug-likeness (QED) is 0.591. The second kappa shape index (κ2) is 8.26. The standard InChI is InChI=1S/C20H19N3O5/c1-27-15-7-3-13(4-8-15)11-17-19(25)23(20(26)22-17)12-18(24)21-14-5-9-16(28-2)10-6-14/h3-11H,12H2,1-2H3,(H,21,24)(H,22,26)/b17-11-. The summed E-state index contributed by atoms with van der Waals surface area (Å²) in [4.78, 5) is 37.6. The third kappa shape index (κ3) is 4.29. The number of amides is 4. The zero-order valence-corrected chi connectivity index (χ0v) is 15.4. The largest absolute Gasteiger partial charge is 0.497 e. The third-order valence-corrected chi connectivity index (χ3v) is 4.06. The van der Waals surface area contributed by atoms with Gasteiger partial charge in [0.25, 0.3) is 5.91 Å².